The topological polar surface area (TPSA) is 63.2 Å². The molecule has 0 fully saturated rings. The first-order valence-corrected chi connectivity index (χ1v) is 8.38. The molecule has 19 heavy (non-hydrogen) atoms. The number of benzene rings is 1. The standard InChI is InChI=1S/C12H15BrFNO3S/c1-7(2)11(13)12(16)15-10-6-8(19(3,17)18)4-5-9(10)14/h4-7,11H,1-3H3,(H,15,16). The Bertz CT molecular complexity index is 587. The van der Waals surface area contributed by atoms with Crippen molar-refractivity contribution >= 4 is 37.4 Å². The van der Waals surface area contributed by atoms with Crippen LogP contribution in [-0.2, 0) is 14.6 Å². The summed E-state index contributed by atoms with van der Waals surface area (Å²) in [6.45, 7) is 3.67. The molecule has 0 bridgehead atoms. The van der Waals surface area contributed by atoms with E-state index in [9.17, 15) is 17.6 Å². The lowest BCUT2D eigenvalue weighted by atomic mass is 10.1. The van der Waals surface area contributed by atoms with Gasteiger partial charge in [0.2, 0.25) is 5.91 Å². The van der Waals surface area contributed by atoms with Crippen LogP contribution in [0, 0.1) is 11.7 Å². The van der Waals surface area contributed by atoms with Crippen LogP contribution in [0.15, 0.2) is 23.1 Å². The van der Waals surface area contributed by atoms with E-state index >= 15 is 0 Å². The van der Waals surface area contributed by atoms with E-state index in [2.05, 4.69) is 21.2 Å². The first-order valence-electron chi connectivity index (χ1n) is 5.57. The average molecular weight is 352 g/mol. The highest BCUT2D eigenvalue weighted by atomic mass is 79.9. The van der Waals surface area contributed by atoms with Gasteiger partial charge in [-0.1, -0.05) is 29.8 Å². The predicted octanol–water partition coefficient (Wildman–Crippen LogP) is 2.59. The molecule has 0 saturated carbocycles. The third-order valence-corrected chi connectivity index (χ3v) is 5.04. The fraction of sp³-hybridized carbons (Fsp3) is 0.417. The van der Waals surface area contributed by atoms with E-state index in [4.69, 9.17) is 0 Å². The molecule has 0 aliphatic heterocycles. The van der Waals surface area contributed by atoms with Crippen LogP contribution >= 0.6 is 15.9 Å². The summed E-state index contributed by atoms with van der Waals surface area (Å²) in [6, 6.07) is 3.29. The van der Waals surface area contributed by atoms with Crippen LogP contribution in [0.5, 0.6) is 0 Å². The molecule has 0 heterocycles. The van der Waals surface area contributed by atoms with Crippen LogP contribution in [0.25, 0.3) is 0 Å². The van der Waals surface area contributed by atoms with Gasteiger partial charge in [-0.25, -0.2) is 12.8 Å². The fourth-order valence-electron chi connectivity index (χ4n) is 1.34. The SMILES string of the molecule is CC(C)C(Br)C(=O)Nc1cc(S(C)(=O)=O)ccc1F. The zero-order valence-electron chi connectivity index (χ0n) is 10.8. The maximum atomic E-state index is 13.6. The molecule has 0 aliphatic carbocycles. The summed E-state index contributed by atoms with van der Waals surface area (Å²) in [5, 5.41) is 2.38. The second-order valence-corrected chi connectivity index (χ2v) is 7.55. The molecule has 1 N–H and O–H groups in total. The smallest absolute Gasteiger partial charge is 0.238 e. The molecule has 4 nitrogen and oxygen atoms in total. The number of halogens is 2. The number of rotatable bonds is 4. The molecule has 1 atom stereocenters. The number of hydrogen-bond acceptors (Lipinski definition) is 3. The lowest BCUT2D eigenvalue weighted by Crippen LogP contribution is -2.27. The fourth-order valence-corrected chi connectivity index (χ4v) is 2.10. The summed E-state index contributed by atoms with van der Waals surface area (Å²) in [6.07, 6.45) is 1.02. The van der Waals surface area contributed by atoms with E-state index in [1.165, 1.54) is 0 Å². The Labute approximate surface area is 120 Å². The number of anilines is 1. The third kappa shape index (κ3) is 4.28. The molecular formula is C12H15BrFNO3S. The van der Waals surface area contributed by atoms with Crippen molar-refractivity contribution in [3.8, 4) is 0 Å². The number of nitrogens with one attached hydrogen (secondary N) is 1. The Morgan fingerprint density at radius 2 is 1.95 bits per heavy atom. The van der Waals surface area contributed by atoms with E-state index in [0.717, 1.165) is 24.5 Å². The largest absolute Gasteiger partial charge is 0.323 e. The molecule has 1 amide bonds. The summed E-state index contributed by atoms with van der Waals surface area (Å²) in [4.78, 5) is 11.3. The quantitative estimate of drug-likeness (QED) is 0.669. The van der Waals surface area contributed by atoms with E-state index < -0.39 is 26.4 Å². The van der Waals surface area contributed by atoms with Crippen LogP contribution in [0.2, 0.25) is 0 Å². The monoisotopic (exact) mass is 351 g/mol. The lowest BCUT2D eigenvalue weighted by Gasteiger charge is -2.14. The van der Waals surface area contributed by atoms with Crippen LogP contribution in [0.4, 0.5) is 10.1 Å². The molecule has 1 aromatic carbocycles. The second-order valence-electron chi connectivity index (χ2n) is 4.55. The number of sulfone groups is 1. The van der Waals surface area contributed by atoms with Gasteiger partial charge in [0, 0.05) is 6.26 Å². The molecule has 0 spiro atoms. The molecule has 1 unspecified atom stereocenters. The number of carbonyl (C=O) groups excluding carboxylic acids is 1. The van der Waals surface area contributed by atoms with Crippen molar-refractivity contribution < 1.29 is 17.6 Å². The van der Waals surface area contributed by atoms with Gasteiger partial charge in [-0.3, -0.25) is 4.79 Å². The summed E-state index contributed by atoms with van der Waals surface area (Å²) in [7, 11) is -3.44. The average Bonchev–Trinajstić information content (AvgIpc) is 2.29. The van der Waals surface area contributed by atoms with Gasteiger partial charge in [-0.2, -0.15) is 0 Å². The molecule has 1 rings (SSSR count). The van der Waals surface area contributed by atoms with Gasteiger partial charge in [0.15, 0.2) is 9.84 Å². The number of carbonyl (C=O) groups is 1. The van der Waals surface area contributed by atoms with Crippen molar-refractivity contribution in [1.82, 2.24) is 0 Å². The maximum absolute atomic E-state index is 13.6. The van der Waals surface area contributed by atoms with Gasteiger partial charge < -0.3 is 5.32 Å². The molecular weight excluding hydrogens is 337 g/mol. The van der Waals surface area contributed by atoms with Crippen molar-refractivity contribution in [1.29, 1.82) is 0 Å². The Balaban J connectivity index is 3.05. The summed E-state index contributed by atoms with van der Waals surface area (Å²) >= 11 is 3.19. The molecule has 0 saturated heterocycles. The Morgan fingerprint density at radius 1 is 1.37 bits per heavy atom. The first kappa shape index (κ1) is 16.1. The van der Waals surface area contributed by atoms with E-state index in [1.54, 1.807) is 0 Å². The molecule has 0 radical (unpaired) electrons. The minimum Gasteiger partial charge on any atom is -0.323 e. The van der Waals surface area contributed by atoms with Crippen LogP contribution < -0.4 is 5.32 Å². The van der Waals surface area contributed by atoms with Crippen molar-refractivity contribution in [2.24, 2.45) is 5.92 Å². The van der Waals surface area contributed by atoms with Gasteiger partial charge in [-0.15, -0.1) is 0 Å². The van der Waals surface area contributed by atoms with Crippen molar-refractivity contribution in [2.75, 3.05) is 11.6 Å². The zero-order chi connectivity index (χ0) is 14.8. The highest BCUT2D eigenvalue weighted by Crippen LogP contribution is 2.21. The van der Waals surface area contributed by atoms with Crippen LogP contribution in [0.3, 0.4) is 0 Å². The predicted molar refractivity (Wildman–Crippen MR) is 75.7 cm³/mol. The van der Waals surface area contributed by atoms with Gasteiger partial charge >= 0.3 is 0 Å². The summed E-state index contributed by atoms with van der Waals surface area (Å²) in [5.41, 5.74) is -0.141. The number of amides is 1. The van der Waals surface area contributed by atoms with Gasteiger partial charge in [0.05, 0.1) is 15.4 Å². The minimum absolute atomic E-state index is 0.0288. The highest BCUT2D eigenvalue weighted by molar-refractivity contribution is 9.10. The number of alkyl halides is 1. The minimum atomic E-state index is -3.44. The lowest BCUT2D eigenvalue weighted by molar-refractivity contribution is -0.116. The zero-order valence-corrected chi connectivity index (χ0v) is 13.2. The van der Waals surface area contributed by atoms with Gasteiger partial charge in [0.1, 0.15) is 5.82 Å². The molecule has 1 aromatic rings. The van der Waals surface area contributed by atoms with E-state index in [0.29, 0.717) is 0 Å². The maximum Gasteiger partial charge on any atom is 0.238 e. The van der Waals surface area contributed by atoms with Gasteiger partial charge in [-0.05, 0) is 24.1 Å². The molecule has 106 valence electrons. The van der Waals surface area contributed by atoms with Crippen LogP contribution in [0.1, 0.15) is 13.8 Å². The summed E-state index contributed by atoms with van der Waals surface area (Å²) < 4.78 is 36.3. The Kier molecular flexibility index (Phi) is 5.09. The Morgan fingerprint density at radius 3 is 2.42 bits per heavy atom. The molecule has 0 aromatic heterocycles. The normalized spacial score (nSPS) is 13.4. The van der Waals surface area contributed by atoms with E-state index in [-0.39, 0.29) is 16.5 Å². The number of hydrogen-bond donors (Lipinski definition) is 1. The van der Waals surface area contributed by atoms with Crippen molar-refractivity contribution in [3.63, 3.8) is 0 Å². The Hall–Kier alpha value is -0.950. The third-order valence-electron chi connectivity index (χ3n) is 2.46. The molecule has 0 aliphatic rings. The van der Waals surface area contributed by atoms with Crippen molar-refractivity contribution in [3.05, 3.63) is 24.0 Å². The second kappa shape index (κ2) is 6.00. The van der Waals surface area contributed by atoms with E-state index in [1.807, 2.05) is 13.8 Å². The first-order chi connectivity index (χ1) is 8.62. The van der Waals surface area contributed by atoms with Crippen LogP contribution in [-0.4, -0.2) is 25.4 Å². The molecule has 7 heteroatoms. The van der Waals surface area contributed by atoms with Crippen molar-refractivity contribution in [2.45, 2.75) is 23.6 Å². The summed E-state index contributed by atoms with van der Waals surface area (Å²) in [5.74, 6) is -1.06. The highest BCUT2D eigenvalue weighted by Gasteiger charge is 2.20. The van der Waals surface area contributed by atoms with Gasteiger partial charge in [0.25, 0.3) is 0 Å².